The van der Waals surface area contributed by atoms with E-state index in [0.29, 0.717) is 19.0 Å². The number of amides is 1. The number of thiophene rings is 1. The molecule has 0 radical (unpaired) electrons. The zero-order valence-electron chi connectivity index (χ0n) is 13.7. The van der Waals surface area contributed by atoms with E-state index in [4.69, 9.17) is 4.74 Å². The summed E-state index contributed by atoms with van der Waals surface area (Å²) in [5, 5.41) is 8.55. The summed E-state index contributed by atoms with van der Waals surface area (Å²) in [6.07, 6.45) is 0.559. The van der Waals surface area contributed by atoms with Gasteiger partial charge in [0.05, 0.1) is 13.7 Å². The molecular formula is C18H22N2O2S2. The van der Waals surface area contributed by atoms with Crippen molar-refractivity contribution in [2.45, 2.75) is 19.0 Å². The minimum Gasteiger partial charge on any atom is -0.497 e. The Morgan fingerprint density at radius 3 is 2.88 bits per heavy atom. The number of hydrogen-bond acceptors (Lipinski definition) is 5. The quantitative estimate of drug-likeness (QED) is 0.829. The Morgan fingerprint density at radius 2 is 2.17 bits per heavy atom. The number of carbonyl (C=O) groups excluding carboxylic acids is 1. The van der Waals surface area contributed by atoms with Gasteiger partial charge in [0.1, 0.15) is 5.75 Å². The molecule has 1 unspecified atom stereocenters. The van der Waals surface area contributed by atoms with E-state index < -0.39 is 0 Å². The molecule has 1 aliphatic rings. The van der Waals surface area contributed by atoms with Crippen LogP contribution in [0.2, 0.25) is 0 Å². The predicted molar refractivity (Wildman–Crippen MR) is 102 cm³/mol. The maximum Gasteiger partial charge on any atom is 0.221 e. The highest BCUT2D eigenvalue weighted by molar-refractivity contribution is 7.99. The van der Waals surface area contributed by atoms with Crippen molar-refractivity contribution in [3.63, 3.8) is 0 Å². The molecule has 1 aromatic heterocycles. The fourth-order valence-corrected chi connectivity index (χ4v) is 4.42. The van der Waals surface area contributed by atoms with E-state index in [1.54, 1.807) is 18.4 Å². The molecule has 1 atom stereocenters. The van der Waals surface area contributed by atoms with Crippen LogP contribution < -0.4 is 15.4 Å². The normalized spacial score (nSPS) is 17.5. The number of hydrogen-bond donors (Lipinski definition) is 2. The van der Waals surface area contributed by atoms with Crippen LogP contribution in [-0.2, 0) is 11.3 Å². The lowest BCUT2D eigenvalue weighted by molar-refractivity contribution is -0.121. The molecule has 128 valence electrons. The van der Waals surface area contributed by atoms with E-state index >= 15 is 0 Å². The number of rotatable bonds is 6. The van der Waals surface area contributed by atoms with Gasteiger partial charge in [0.25, 0.3) is 0 Å². The molecule has 2 heterocycles. The van der Waals surface area contributed by atoms with E-state index in [0.717, 1.165) is 29.4 Å². The van der Waals surface area contributed by atoms with Gasteiger partial charge in [-0.2, -0.15) is 11.8 Å². The Labute approximate surface area is 151 Å². The molecule has 1 saturated heterocycles. The van der Waals surface area contributed by atoms with Crippen LogP contribution in [-0.4, -0.2) is 37.1 Å². The Morgan fingerprint density at radius 1 is 1.33 bits per heavy atom. The van der Waals surface area contributed by atoms with E-state index in [1.165, 1.54) is 10.4 Å². The first-order valence-electron chi connectivity index (χ1n) is 8.04. The summed E-state index contributed by atoms with van der Waals surface area (Å²) in [4.78, 5) is 13.2. The smallest absolute Gasteiger partial charge is 0.221 e. The fraction of sp³-hybridized carbons (Fsp3) is 0.389. The summed E-state index contributed by atoms with van der Waals surface area (Å²) in [6.45, 7) is 1.60. The van der Waals surface area contributed by atoms with Crippen molar-refractivity contribution < 1.29 is 9.53 Å². The maximum absolute atomic E-state index is 12.1. The second kappa shape index (κ2) is 8.55. The van der Waals surface area contributed by atoms with Crippen LogP contribution in [0.25, 0.3) is 11.1 Å². The van der Waals surface area contributed by atoms with E-state index in [1.807, 2.05) is 23.9 Å². The molecule has 1 fully saturated rings. The predicted octanol–water partition coefficient (Wildman–Crippen LogP) is 3.14. The van der Waals surface area contributed by atoms with Gasteiger partial charge < -0.3 is 15.4 Å². The van der Waals surface area contributed by atoms with Crippen molar-refractivity contribution in [3.05, 3.63) is 40.6 Å². The van der Waals surface area contributed by atoms with Crippen molar-refractivity contribution in [2.75, 3.05) is 25.2 Å². The fourth-order valence-electron chi connectivity index (χ4n) is 2.64. The van der Waals surface area contributed by atoms with Crippen LogP contribution in [0.15, 0.2) is 35.7 Å². The third kappa shape index (κ3) is 4.75. The van der Waals surface area contributed by atoms with Crippen LogP contribution >= 0.6 is 23.1 Å². The lowest BCUT2D eigenvalue weighted by atomic mass is 10.1. The molecule has 3 rings (SSSR count). The highest BCUT2D eigenvalue weighted by Crippen LogP contribution is 2.27. The third-order valence-corrected chi connectivity index (χ3v) is 6.03. The summed E-state index contributed by atoms with van der Waals surface area (Å²) < 4.78 is 5.19. The first-order chi connectivity index (χ1) is 11.7. The van der Waals surface area contributed by atoms with Gasteiger partial charge in [0.2, 0.25) is 5.91 Å². The molecular weight excluding hydrogens is 340 g/mol. The van der Waals surface area contributed by atoms with Crippen LogP contribution in [0.3, 0.4) is 0 Å². The van der Waals surface area contributed by atoms with Crippen LogP contribution in [0.5, 0.6) is 5.75 Å². The molecule has 0 bridgehead atoms. The number of carbonyl (C=O) groups is 1. The molecule has 1 amide bonds. The second-order valence-electron chi connectivity index (χ2n) is 5.74. The first kappa shape index (κ1) is 17.3. The average Bonchev–Trinajstić information content (AvgIpc) is 3.10. The molecule has 1 aromatic carbocycles. The Kier molecular flexibility index (Phi) is 6.18. The Hall–Kier alpha value is -1.50. The SMILES string of the molecule is COc1ccc(-c2csc(CNC(=O)CC3CSCCN3)c2)cc1. The molecule has 0 spiro atoms. The number of benzene rings is 1. The van der Waals surface area contributed by atoms with Gasteiger partial charge >= 0.3 is 0 Å². The summed E-state index contributed by atoms with van der Waals surface area (Å²) >= 11 is 3.59. The highest BCUT2D eigenvalue weighted by atomic mass is 32.2. The largest absolute Gasteiger partial charge is 0.497 e. The standard InChI is InChI=1S/C18H22N2O2S2/c1-22-16-4-2-13(3-5-16)14-8-17(24-11-14)10-20-18(21)9-15-12-23-7-6-19-15/h2-5,8,11,15,19H,6-7,9-10,12H2,1H3,(H,20,21). The van der Waals surface area contributed by atoms with Crippen molar-refractivity contribution in [3.8, 4) is 16.9 Å². The van der Waals surface area contributed by atoms with E-state index in [9.17, 15) is 4.79 Å². The molecule has 0 saturated carbocycles. The number of methoxy groups -OCH3 is 1. The summed E-state index contributed by atoms with van der Waals surface area (Å²) in [5.74, 6) is 3.14. The lowest BCUT2D eigenvalue weighted by Crippen LogP contribution is -2.41. The topological polar surface area (TPSA) is 50.4 Å². The minimum absolute atomic E-state index is 0.120. The average molecular weight is 363 g/mol. The second-order valence-corrected chi connectivity index (χ2v) is 7.88. The first-order valence-corrected chi connectivity index (χ1v) is 10.1. The van der Waals surface area contributed by atoms with Gasteiger partial charge in [-0.25, -0.2) is 0 Å². The Balaban J connectivity index is 1.50. The van der Waals surface area contributed by atoms with Crippen LogP contribution in [0, 0.1) is 0 Å². The summed E-state index contributed by atoms with van der Waals surface area (Å²) in [5.41, 5.74) is 2.34. The van der Waals surface area contributed by atoms with Gasteiger partial charge in [-0.15, -0.1) is 11.3 Å². The monoisotopic (exact) mass is 362 g/mol. The van der Waals surface area contributed by atoms with E-state index in [-0.39, 0.29) is 5.91 Å². The van der Waals surface area contributed by atoms with Crippen molar-refractivity contribution in [1.29, 1.82) is 0 Å². The maximum atomic E-state index is 12.1. The highest BCUT2D eigenvalue weighted by Gasteiger charge is 2.16. The number of ether oxygens (including phenoxy) is 1. The zero-order chi connectivity index (χ0) is 16.8. The van der Waals surface area contributed by atoms with Gasteiger partial charge in [-0.05, 0) is 34.7 Å². The minimum atomic E-state index is 0.120. The summed E-state index contributed by atoms with van der Waals surface area (Å²) in [7, 11) is 1.67. The van der Waals surface area contributed by atoms with Gasteiger partial charge in [0, 0.05) is 35.4 Å². The molecule has 0 aliphatic carbocycles. The van der Waals surface area contributed by atoms with Gasteiger partial charge in [-0.3, -0.25) is 4.79 Å². The summed E-state index contributed by atoms with van der Waals surface area (Å²) in [6, 6.07) is 10.5. The van der Waals surface area contributed by atoms with Crippen molar-refractivity contribution in [2.24, 2.45) is 0 Å². The molecule has 2 aromatic rings. The zero-order valence-corrected chi connectivity index (χ0v) is 15.3. The van der Waals surface area contributed by atoms with Crippen molar-refractivity contribution >= 4 is 29.0 Å². The lowest BCUT2D eigenvalue weighted by Gasteiger charge is -2.22. The molecule has 2 N–H and O–H groups in total. The molecule has 24 heavy (non-hydrogen) atoms. The van der Waals surface area contributed by atoms with Crippen molar-refractivity contribution in [1.82, 2.24) is 10.6 Å². The van der Waals surface area contributed by atoms with E-state index in [2.05, 4.69) is 34.2 Å². The third-order valence-electron chi connectivity index (χ3n) is 3.97. The van der Waals surface area contributed by atoms with Crippen LogP contribution in [0.1, 0.15) is 11.3 Å². The van der Waals surface area contributed by atoms with Gasteiger partial charge in [0.15, 0.2) is 0 Å². The number of nitrogens with one attached hydrogen (secondary N) is 2. The molecule has 4 nitrogen and oxygen atoms in total. The van der Waals surface area contributed by atoms with Crippen LogP contribution in [0.4, 0.5) is 0 Å². The Bertz CT molecular complexity index is 664. The molecule has 6 heteroatoms. The van der Waals surface area contributed by atoms with Gasteiger partial charge in [-0.1, -0.05) is 12.1 Å². The molecule has 1 aliphatic heterocycles. The number of thioether (sulfide) groups is 1.